The molecule has 1 amide bonds. The maximum absolute atomic E-state index is 14.0. The van der Waals surface area contributed by atoms with Crippen LogP contribution in [0, 0.1) is 0 Å². The third-order valence-corrected chi connectivity index (χ3v) is 4.39. The van der Waals surface area contributed by atoms with E-state index in [4.69, 9.17) is 10.5 Å². The van der Waals surface area contributed by atoms with E-state index in [1.54, 1.807) is 49.1 Å². The second kappa shape index (κ2) is 8.89. The molecule has 4 N–H and O–H groups in total. The summed E-state index contributed by atoms with van der Waals surface area (Å²) < 4.78 is 21.4. The number of hydrogen-bond acceptors (Lipinski definition) is 5. The Morgan fingerprint density at radius 3 is 2.86 bits per heavy atom. The summed E-state index contributed by atoms with van der Waals surface area (Å²) in [5.41, 5.74) is 6.33. The van der Waals surface area contributed by atoms with Crippen molar-refractivity contribution in [3.8, 4) is 16.9 Å². The normalized spacial score (nSPS) is 19.7. The third-order valence-electron chi connectivity index (χ3n) is 4.39. The molecule has 2 aromatic rings. The van der Waals surface area contributed by atoms with Gasteiger partial charge in [-0.2, -0.15) is 5.10 Å². The Hall–Kier alpha value is -2.16. The highest BCUT2D eigenvalue weighted by molar-refractivity contribution is 5.97. The number of rotatable bonds is 6. The molecule has 3 rings (SSSR count). The minimum absolute atomic E-state index is 0. The minimum atomic E-state index is -1.14. The zero-order valence-corrected chi connectivity index (χ0v) is 16.7. The molecule has 1 aromatic heterocycles. The topological polar surface area (TPSA) is 102 Å². The Kier molecular flexibility index (Phi) is 7.03. The zero-order chi connectivity index (χ0) is 19.6. The van der Waals surface area contributed by atoms with E-state index in [0.29, 0.717) is 19.5 Å². The Morgan fingerprint density at radius 2 is 2.21 bits per heavy atom. The number of primary amides is 1. The second-order valence-electron chi connectivity index (χ2n) is 7.48. The molecule has 1 fully saturated rings. The Balaban J connectivity index is 0.00000280. The van der Waals surface area contributed by atoms with Crippen LogP contribution in [-0.2, 0) is 6.54 Å². The third kappa shape index (κ3) is 5.43. The van der Waals surface area contributed by atoms with Gasteiger partial charge in [0.05, 0.1) is 23.9 Å². The molecule has 0 unspecified atom stereocenters. The van der Waals surface area contributed by atoms with E-state index in [1.165, 1.54) is 0 Å². The average Bonchev–Trinajstić information content (AvgIpc) is 3.03. The lowest BCUT2D eigenvalue weighted by Gasteiger charge is -2.28. The Bertz CT molecular complexity index is 822. The number of benzene rings is 1. The van der Waals surface area contributed by atoms with Crippen molar-refractivity contribution in [1.29, 1.82) is 0 Å². The fourth-order valence-electron chi connectivity index (χ4n) is 3.09. The summed E-state index contributed by atoms with van der Waals surface area (Å²) in [6.45, 7) is 4.63. The molecule has 28 heavy (non-hydrogen) atoms. The highest BCUT2D eigenvalue weighted by atomic mass is 35.5. The van der Waals surface area contributed by atoms with Gasteiger partial charge in [-0.15, -0.1) is 12.4 Å². The monoisotopic (exact) mass is 412 g/mol. The van der Waals surface area contributed by atoms with Crippen LogP contribution >= 0.6 is 12.4 Å². The van der Waals surface area contributed by atoms with Crippen LogP contribution in [0.25, 0.3) is 11.1 Å². The number of hydrogen-bond donors (Lipinski definition) is 3. The fraction of sp³-hybridized carbons (Fsp3) is 0.474. The van der Waals surface area contributed by atoms with E-state index in [-0.39, 0.29) is 30.3 Å². The summed E-state index contributed by atoms with van der Waals surface area (Å²) in [5.74, 6) is -0.357. The van der Waals surface area contributed by atoms with Crippen molar-refractivity contribution in [1.82, 2.24) is 15.1 Å². The van der Waals surface area contributed by atoms with Crippen molar-refractivity contribution < 1.29 is 19.0 Å². The maximum Gasteiger partial charge on any atom is 0.252 e. The van der Waals surface area contributed by atoms with E-state index in [9.17, 15) is 14.3 Å². The van der Waals surface area contributed by atoms with E-state index in [1.807, 2.05) is 0 Å². The summed E-state index contributed by atoms with van der Waals surface area (Å²) in [6.07, 6.45) is 2.20. The van der Waals surface area contributed by atoms with Crippen LogP contribution in [0.5, 0.6) is 5.75 Å². The van der Waals surface area contributed by atoms with Crippen LogP contribution in [0.2, 0.25) is 0 Å². The molecule has 7 nitrogen and oxygen atoms in total. The Labute approximate surface area is 169 Å². The number of alkyl halides is 1. The van der Waals surface area contributed by atoms with E-state index in [2.05, 4.69) is 10.4 Å². The first-order valence-corrected chi connectivity index (χ1v) is 8.93. The molecule has 1 saturated heterocycles. The van der Waals surface area contributed by atoms with Crippen molar-refractivity contribution in [2.24, 2.45) is 5.73 Å². The van der Waals surface area contributed by atoms with Gasteiger partial charge in [0, 0.05) is 18.3 Å². The molecule has 1 aliphatic rings. The summed E-state index contributed by atoms with van der Waals surface area (Å²) in [6, 6.07) is 5.04. The van der Waals surface area contributed by atoms with Crippen molar-refractivity contribution in [2.45, 2.75) is 44.7 Å². The number of aliphatic hydroxyl groups is 1. The number of nitrogens with two attached hydrogens (primary N) is 1. The number of piperidine rings is 1. The quantitative estimate of drug-likeness (QED) is 0.672. The van der Waals surface area contributed by atoms with Gasteiger partial charge in [-0.1, -0.05) is 6.07 Å². The fourth-order valence-corrected chi connectivity index (χ4v) is 3.09. The van der Waals surface area contributed by atoms with Crippen LogP contribution in [0.15, 0.2) is 30.6 Å². The van der Waals surface area contributed by atoms with E-state index in [0.717, 1.165) is 11.1 Å². The predicted molar refractivity (Wildman–Crippen MR) is 107 cm³/mol. The molecule has 9 heteroatoms. The Morgan fingerprint density at radius 1 is 1.46 bits per heavy atom. The summed E-state index contributed by atoms with van der Waals surface area (Å²) in [5, 5.41) is 17.1. The largest absolute Gasteiger partial charge is 0.486 e. The molecule has 1 aliphatic heterocycles. The van der Waals surface area contributed by atoms with Gasteiger partial charge in [0.25, 0.3) is 5.91 Å². The molecule has 2 heterocycles. The van der Waals surface area contributed by atoms with Crippen molar-refractivity contribution in [2.75, 3.05) is 13.1 Å². The molecule has 0 saturated carbocycles. The number of amides is 1. The molecule has 0 aliphatic carbocycles. The molecule has 1 aromatic carbocycles. The number of halogens is 2. The summed E-state index contributed by atoms with van der Waals surface area (Å²) >= 11 is 0. The average molecular weight is 413 g/mol. The molecule has 0 bridgehead atoms. The van der Waals surface area contributed by atoms with Crippen molar-refractivity contribution in [3.63, 3.8) is 0 Å². The van der Waals surface area contributed by atoms with Gasteiger partial charge in [-0.05, 0) is 44.5 Å². The molecule has 2 atom stereocenters. The van der Waals surface area contributed by atoms with Crippen LogP contribution in [0.3, 0.4) is 0 Å². The number of ether oxygens (including phenoxy) is 1. The van der Waals surface area contributed by atoms with Crippen LogP contribution in [-0.4, -0.2) is 51.8 Å². The number of nitrogens with zero attached hydrogens (tertiary/aromatic N) is 2. The van der Waals surface area contributed by atoms with E-state index < -0.39 is 23.8 Å². The lowest BCUT2D eigenvalue weighted by Crippen LogP contribution is -2.44. The number of nitrogens with one attached hydrogen (secondary N) is 1. The zero-order valence-electron chi connectivity index (χ0n) is 15.9. The van der Waals surface area contributed by atoms with Crippen LogP contribution in [0.4, 0.5) is 4.39 Å². The maximum atomic E-state index is 14.0. The van der Waals surface area contributed by atoms with Crippen LogP contribution in [0.1, 0.15) is 30.6 Å². The van der Waals surface area contributed by atoms with Gasteiger partial charge in [0.2, 0.25) is 0 Å². The molecule has 154 valence electrons. The lowest BCUT2D eigenvalue weighted by atomic mass is 10.0. The van der Waals surface area contributed by atoms with Gasteiger partial charge in [0.15, 0.2) is 0 Å². The van der Waals surface area contributed by atoms with Gasteiger partial charge >= 0.3 is 0 Å². The SMILES string of the molecule is CC(C)(O)Cn1cc(-c2ccc(O[C@H]3CCNC[C@H]3F)c(C(N)=O)c2)cn1.Cl. The van der Waals surface area contributed by atoms with Crippen LogP contribution < -0.4 is 15.8 Å². The second-order valence-corrected chi connectivity index (χ2v) is 7.48. The minimum Gasteiger partial charge on any atom is -0.486 e. The summed E-state index contributed by atoms with van der Waals surface area (Å²) in [7, 11) is 0. The standard InChI is InChI=1S/C19H25FN4O3.ClH/c1-19(2,26)11-24-10-13(8-23-24)12-3-4-16(14(7-12)18(21)25)27-17-5-6-22-9-15(17)20;/h3-4,7-8,10,15,17,22,26H,5-6,9,11H2,1-2H3,(H2,21,25);1H/t15-,17+;/m1./s1. The van der Waals surface area contributed by atoms with Crippen molar-refractivity contribution in [3.05, 3.63) is 36.2 Å². The number of carbonyl (C=O) groups excluding carboxylic acids is 1. The van der Waals surface area contributed by atoms with Gasteiger partial charge < -0.3 is 20.9 Å². The van der Waals surface area contributed by atoms with Gasteiger partial charge in [-0.25, -0.2) is 4.39 Å². The smallest absolute Gasteiger partial charge is 0.252 e. The number of aromatic nitrogens is 2. The molecule has 0 radical (unpaired) electrons. The lowest BCUT2D eigenvalue weighted by molar-refractivity contribution is 0.0577. The molecule has 0 spiro atoms. The molecular weight excluding hydrogens is 387 g/mol. The van der Waals surface area contributed by atoms with E-state index >= 15 is 0 Å². The number of carbonyl (C=O) groups is 1. The first kappa shape index (κ1) is 22.1. The highest BCUT2D eigenvalue weighted by Crippen LogP contribution is 2.29. The first-order valence-electron chi connectivity index (χ1n) is 8.93. The molecular formula is C19H26ClFN4O3. The van der Waals surface area contributed by atoms with Gasteiger partial charge in [-0.3, -0.25) is 9.48 Å². The highest BCUT2D eigenvalue weighted by Gasteiger charge is 2.27. The van der Waals surface area contributed by atoms with Gasteiger partial charge in [0.1, 0.15) is 18.0 Å². The van der Waals surface area contributed by atoms with Crippen molar-refractivity contribution >= 4 is 18.3 Å². The first-order chi connectivity index (χ1) is 12.7. The summed E-state index contributed by atoms with van der Waals surface area (Å²) in [4.78, 5) is 11.9. The predicted octanol–water partition coefficient (Wildman–Crippen LogP) is 1.92.